The minimum absolute atomic E-state index is 0. The summed E-state index contributed by atoms with van der Waals surface area (Å²) in [4.78, 5) is 14.2. The van der Waals surface area contributed by atoms with Crippen molar-refractivity contribution in [3.63, 3.8) is 0 Å². The summed E-state index contributed by atoms with van der Waals surface area (Å²) in [5.41, 5.74) is 0.509. The van der Waals surface area contributed by atoms with E-state index in [4.69, 9.17) is 0 Å². The lowest BCUT2D eigenvalue weighted by molar-refractivity contribution is -0.135. The van der Waals surface area contributed by atoms with Crippen LogP contribution >= 0.6 is 12.4 Å². The number of hydrogen-bond acceptors (Lipinski definition) is 2. The predicted octanol–water partition coefficient (Wildman–Crippen LogP) is 2.31. The smallest absolute Gasteiger partial charge is 0.230 e. The van der Waals surface area contributed by atoms with Crippen molar-refractivity contribution in [2.24, 2.45) is 0 Å². The van der Waals surface area contributed by atoms with E-state index in [2.05, 4.69) is 5.32 Å². The van der Waals surface area contributed by atoms with E-state index in [0.717, 1.165) is 25.2 Å². The van der Waals surface area contributed by atoms with Crippen molar-refractivity contribution < 1.29 is 13.6 Å². The zero-order valence-electron chi connectivity index (χ0n) is 11.5. The molecule has 1 unspecified atom stereocenters. The SMILES string of the molecule is CC(C(=O)N1CCNC[C@H]1C)c1ccc(F)c(F)c1.Cl. The maximum atomic E-state index is 13.2. The van der Waals surface area contributed by atoms with Crippen molar-refractivity contribution in [2.45, 2.75) is 25.8 Å². The third kappa shape index (κ3) is 3.46. The van der Waals surface area contributed by atoms with Crippen LogP contribution in [0, 0.1) is 11.6 Å². The highest BCUT2D eigenvalue weighted by atomic mass is 35.5. The average molecular weight is 305 g/mol. The highest BCUT2D eigenvalue weighted by molar-refractivity contribution is 5.85. The topological polar surface area (TPSA) is 32.3 Å². The standard InChI is InChI=1S/C14H18F2N2O.ClH/c1-9-8-17-5-6-18(9)14(19)10(2)11-3-4-12(15)13(16)7-11;/h3-4,7,9-10,17H,5-6,8H2,1-2H3;1H/t9-,10?;/m1./s1. The second-order valence-corrected chi connectivity index (χ2v) is 4.98. The van der Waals surface area contributed by atoms with Crippen LogP contribution in [-0.2, 0) is 4.79 Å². The molecule has 0 saturated carbocycles. The second-order valence-electron chi connectivity index (χ2n) is 4.98. The van der Waals surface area contributed by atoms with Crippen molar-refractivity contribution in [1.29, 1.82) is 0 Å². The van der Waals surface area contributed by atoms with Gasteiger partial charge in [-0.3, -0.25) is 4.79 Å². The van der Waals surface area contributed by atoms with Gasteiger partial charge in [0, 0.05) is 25.7 Å². The lowest BCUT2D eigenvalue weighted by Crippen LogP contribution is -2.53. The molecule has 1 aliphatic rings. The molecule has 0 spiro atoms. The number of hydrogen-bond donors (Lipinski definition) is 1. The van der Waals surface area contributed by atoms with E-state index in [0.29, 0.717) is 12.1 Å². The number of piperazine rings is 1. The Labute approximate surface area is 123 Å². The van der Waals surface area contributed by atoms with Gasteiger partial charge < -0.3 is 10.2 Å². The van der Waals surface area contributed by atoms with Crippen molar-refractivity contribution in [3.05, 3.63) is 35.4 Å². The van der Waals surface area contributed by atoms with E-state index in [9.17, 15) is 13.6 Å². The molecular formula is C14H19ClF2N2O. The molecule has 1 aromatic rings. The van der Waals surface area contributed by atoms with E-state index < -0.39 is 17.6 Å². The molecule has 0 radical (unpaired) electrons. The van der Waals surface area contributed by atoms with Crippen LogP contribution in [0.3, 0.4) is 0 Å². The molecular weight excluding hydrogens is 286 g/mol. The first-order chi connectivity index (χ1) is 9.00. The molecule has 6 heteroatoms. The van der Waals surface area contributed by atoms with Crippen LogP contribution in [0.2, 0.25) is 0 Å². The normalized spacial score (nSPS) is 20.2. The molecule has 0 aliphatic carbocycles. The lowest BCUT2D eigenvalue weighted by atomic mass is 9.98. The second kappa shape index (κ2) is 6.99. The van der Waals surface area contributed by atoms with Gasteiger partial charge in [-0.2, -0.15) is 0 Å². The fourth-order valence-electron chi connectivity index (χ4n) is 2.34. The lowest BCUT2D eigenvalue weighted by Gasteiger charge is -2.35. The molecule has 3 nitrogen and oxygen atoms in total. The Morgan fingerprint density at radius 2 is 2.10 bits per heavy atom. The van der Waals surface area contributed by atoms with Gasteiger partial charge in [0.2, 0.25) is 5.91 Å². The first kappa shape index (κ1) is 16.9. The van der Waals surface area contributed by atoms with Crippen molar-refractivity contribution in [3.8, 4) is 0 Å². The zero-order valence-corrected chi connectivity index (χ0v) is 12.3. The Balaban J connectivity index is 0.00000200. The Bertz CT molecular complexity index is 484. The highest BCUT2D eigenvalue weighted by Gasteiger charge is 2.27. The summed E-state index contributed by atoms with van der Waals surface area (Å²) in [5, 5.41) is 3.21. The van der Waals surface area contributed by atoms with Crippen LogP contribution in [0.1, 0.15) is 25.3 Å². The Morgan fingerprint density at radius 3 is 2.70 bits per heavy atom. The highest BCUT2D eigenvalue weighted by Crippen LogP contribution is 2.21. The fraction of sp³-hybridized carbons (Fsp3) is 0.500. The van der Waals surface area contributed by atoms with Gasteiger partial charge in [0.15, 0.2) is 11.6 Å². The van der Waals surface area contributed by atoms with E-state index in [1.807, 2.05) is 6.92 Å². The third-order valence-corrected chi connectivity index (χ3v) is 3.60. The molecule has 112 valence electrons. The summed E-state index contributed by atoms with van der Waals surface area (Å²) in [6.45, 7) is 5.87. The molecule has 1 saturated heterocycles. The van der Waals surface area contributed by atoms with Gasteiger partial charge in [0.05, 0.1) is 5.92 Å². The molecule has 2 atom stereocenters. The van der Waals surface area contributed by atoms with Crippen LogP contribution in [0.25, 0.3) is 0 Å². The number of nitrogens with one attached hydrogen (secondary N) is 1. The van der Waals surface area contributed by atoms with Gasteiger partial charge in [-0.25, -0.2) is 8.78 Å². The van der Waals surface area contributed by atoms with Crippen LogP contribution in [0.5, 0.6) is 0 Å². The summed E-state index contributed by atoms with van der Waals surface area (Å²) >= 11 is 0. The average Bonchev–Trinajstić information content (AvgIpc) is 2.41. The summed E-state index contributed by atoms with van der Waals surface area (Å²) < 4.78 is 26.1. The van der Waals surface area contributed by atoms with Crippen molar-refractivity contribution in [1.82, 2.24) is 10.2 Å². The van der Waals surface area contributed by atoms with Crippen LogP contribution in [0.4, 0.5) is 8.78 Å². The minimum atomic E-state index is -0.912. The Kier molecular flexibility index (Phi) is 5.89. The quantitative estimate of drug-likeness (QED) is 0.909. The number of halogens is 3. The first-order valence-electron chi connectivity index (χ1n) is 6.47. The van der Waals surface area contributed by atoms with E-state index >= 15 is 0 Å². The van der Waals surface area contributed by atoms with Crippen molar-refractivity contribution >= 4 is 18.3 Å². The third-order valence-electron chi connectivity index (χ3n) is 3.60. The van der Waals surface area contributed by atoms with E-state index in [-0.39, 0.29) is 24.4 Å². The van der Waals surface area contributed by atoms with E-state index in [1.165, 1.54) is 6.07 Å². The molecule has 1 fully saturated rings. The van der Waals surface area contributed by atoms with Crippen molar-refractivity contribution in [2.75, 3.05) is 19.6 Å². The van der Waals surface area contributed by atoms with Gasteiger partial charge >= 0.3 is 0 Å². The molecule has 1 aromatic carbocycles. The summed E-state index contributed by atoms with van der Waals surface area (Å²) in [6.07, 6.45) is 0. The van der Waals surface area contributed by atoms with Gasteiger partial charge in [-0.15, -0.1) is 12.4 Å². The van der Waals surface area contributed by atoms with Gasteiger partial charge in [-0.1, -0.05) is 6.07 Å². The van der Waals surface area contributed by atoms with Crippen LogP contribution in [0.15, 0.2) is 18.2 Å². The molecule has 20 heavy (non-hydrogen) atoms. The van der Waals surface area contributed by atoms with Crippen LogP contribution < -0.4 is 5.32 Å². The number of amides is 1. The molecule has 1 aliphatic heterocycles. The first-order valence-corrected chi connectivity index (χ1v) is 6.47. The summed E-state index contributed by atoms with van der Waals surface area (Å²) in [7, 11) is 0. The minimum Gasteiger partial charge on any atom is -0.337 e. The molecule has 1 heterocycles. The summed E-state index contributed by atoms with van der Waals surface area (Å²) in [6, 6.07) is 3.75. The summed E-state index contributed by atoms with van der Waals surface area (Å²) in [5.74, 6) is -2.31. The van der Waals surface area contributed by atoms with E-state index in [1.54, 1.807) is 11.8 Å². The zero-order chi connectivity index (χ0) is 14.0. The van der Waals surface area contributed by atoms with Crippen LogP contribution in [-0.4, -0.2) is 36.5 Å². The number of rotatable bonds is 2. The van der Waals surface area contributed by atoms with Gasteiger partial charge in [0.1, 0.15) is 0 Å². The predicted molar refractivity (Wildman–Crippen MR) is 76.1 cm³/mol. The molecule has 1 amide bonds. The number of benzene rings is 1. The molecule has 0 bridgehead atoms. The molecule has 1 N–H and O–H groups in total. The monoisotopic (exact) mass is 304 g/mol. The Hall–Kier alpha value is -1.20. The maximum Gasteiger partial charge on any atom is 0.230 e. The van der Waals surface area contributed by atoms with Gasteiger partial charge in [0.25, 0.3) is 0 Å². The largest absolute Gasteiger partial charge is 0.337 e. The number of nitrogens with zero attached hydrogens (tertiary/aromatic N) is 1. The molecule has 0 aromatic heterocycles. The fourth-order valence-corrected chi connectivity index (χ4v) is 2.34. The molecule has 2 rings (SSSR count). The number of carbonyl (C=O) groups is 1. The van der Waals surface area contributed by atoms with Gasteiger partial charge in [-0.05, 0) is 31.5 Å². The Morgan fingerprint density at radius 1 is 1.40 bits per heavy atom. The maximum absolute atomic E-state index is 13.2. The number of carbonyl (C=O) groups excluding carboxylic acids is 1.